The monoisotopic (exact) mass is 281 g/mol. The fourth-order valence-electron chi connectivity index (χ4n) is 3.00. The Morgan fingerprint density at radius 3 is 2.52 bits per heavy atom. The second-order valence-corrected chi connectivity index (χ2v) is 5.67. The Morgan fingerprint density at radius 2 is 1.81 bits per heavy atom. The molecule has 0 saturated heterocycles. The molecule has 3 heteroatoms. The normalized spacial score (nSPS) is 15.3. The summed E-state index contributed by atoms with van der Waals surface area (Å²) in [5, 5.41) is 13.6. The predicted molar refractivity (Wildman–Crippen MR) is 83.4 cm³/mol. The summed E-state index contributed by atoms with van der Waals surface area (Å²) in [5.41, 5.74) is 5.99. The standard InChI is InChI=1S/C18H19NO2/c1-11-4-3-5-12(2)17(11)18(21)14-6-8-15-13(10-14)7-9-16(20)19-15/h3-6,8,10,18,21H,7,9H2,1-2H3,(H,19,20). The van der Waals surface area contributed by atoms with Crippen LogP contribution in [0, 0.1) is 13.8 Å². The molecule has 0 spiro atoms. The highest BCUT2D eigenvalue weighted by atomic mass is 16.3. The van der Waals surface area contributed by atoms with Gasteiger partial charge in [0.25, 0.3) is 0 Å². The van der Waals surface area contributed by atoms with Crippen LogP contribution in [0.2, 0.25) is 0 Å². The van der Waals surface area contributed by atoms with E-state index in [1.54, 1.807) is 0 Å². The molecule has 1 amide bonds. The average Bonchev–Trinajstić information content (AvgIpc) is 2.46. The van der Waals surface area contributed by atoms with E-state index in [2.05, 4.69) is 5.32 Å². The number of rotatable bonds is 2. The van der Waals surface area contributed by atoms with E-state index in [1.807, 2.05) is 50.2 Å². The fourth-order valence-corrected chi connectivity index (χ4v) is 3.00. The molecule has 0 bridgehead atoms. The molecule has 0 radical (unpaired) electrons. The van der Waals surface area contributed by atoms with Crippen molar-refractivity contribution in [3.8, 4) is 0 Å². The fraction of sp³-hybridized carbons (Fsp3) is 0.278. The number of nitrogens with one attached hydrogen (secondary N) is 1. The molecule has 3 nitrogen and oxygen atoms in total. The van der Waals surface area contributed by atoms with Gasteiger partial charge in [0.2, 0.25) is 5.91 Å². The average molecular weight is 281 g/mol. The highest BCUT2D eigenvalue weighted by Gasteiger charge is 2.19. The molecule has 2 aromatic rings. The van der Waals surface area contributed by atoms with Crippen LogP contribution in [-0.2, 0) is 11.2 Å². The molecular formula is C18H19NO2. The lowest BCUT2D eigenvalue weighted by molar-refractivity contribution is -0.116. The smallest absolute Gasteiger partial charge is 0.224 e. The summed E-state index contributed by atoms with van der Waals surface area (Å²) >= 11 is 0. The third kappa shape index (κ3) is 2.57. The number of anilines is 1. The molecule has 2 aromatic carbocycles. The zero-order valence-corrected chi connectivity index (χ0v) is 12.3. The van der Waals surface area contributed by atoms with E-state index in [1.165, 1.54) is 0 Å². The van der Waals surface area contributed by atoms with Gasteiger partial charge in [0, 0.05) is 12.1 Å². The van der Waals surface area contributed by atoms with Crippen LogP contribution in [0.15, 0.2) is 36.4 Å². The molecule has 108 valence electrons. The summed E-state index contributed by atoms with van der Waals surface area (Å²) in [4.78, 5) is 11.4. The largest absolute Gasteiger partial charge is 0.384 e. The van der Waals surface area contributed by atoms with Gasteiger partial charge in [0.15, 0.2) is 0 Å². The minimum Gasteiger partial charge on any atom is -0.384 e. The van der Waals surface area contributed by atoms with Gasteiger partial charge in [0.05, 0.1) is 0 Å². The lowest BCUT2D eigenvalue weighted by Gasteiger charge is -2.21. The summed E-state index contributed by atoms with van der Waals surface area (Å²) in [6.07, 6.45) is 0.610. The summed E-state index contributed by atoms with van der Waals surface area (Å²) < 4.78 is 0. The van der Waals surface area contributed by atoms with Gasteiger partial charge in [-0.3, -0.25) is 4.79 Å². The highest BCUT2D eigenvalue weighted by molar-refractivity contribution is 5.93. The topological polar surface area (TPSA) is 49.3 Å². The summed E-state index contributed by atoms with van der Waals surface area (Å²) in [5.74, 6) is 0.0607. The number of amides is 1. The lowest BCUT2D eigenvalue weighted by Crippen LogP contribution is -2.19. The Bertz CT molecular complexity index is 686. The van der Waals surface area contributed by atoms with E-state index < -0.39 is 6.10 Å². The first-order valence-electron chi connectivity index (χ1n) is 7.23. The van der Waals surface area contributed by atoms with Crippen LogP contribution >= 0.6 is 0 Å². The number of fused-ring (bicyclic) bond motifs is 1. The van der Waals surface area contributed by atoms with Crippen molar-refractivity contribution in [2.24, 2.45) is 0 Å². The second-order valence-electron chi connectivity index (χ2n) is 5.67. The van der Waals surface area contributed by atoms with Crippen molar-refractivity contribution >= 4 is 11.6 Å². The molecule has 1 aliphatic rings. The molecule has 0 saturated carbocycles. The van der Waals surface area contributed by atoms with E-state index in [-0.39, 0.29) is 5.91 Å². The number of hydrogen-bond donors (Lipinski definition) is 2. The van der Waals surface area contributed by atoms with E-state index in [0.717, 1.165) is 39.9 Å². The molecule has 1 atom stereocenters. The van der Waals surface area contributed by atoms with Crippen molar-refractivity contribution in [2.45, 2.75) is 32.8 Å². The van der Waals surface area contributed by atoms with Crippen LogP contribution in [0.3, 0.4) is 0 Å². The van der Waals surface area contributed by atoms with Crippen LogP contribution in [-0.4, -0.2) is 11.0 Å². The Labute approximate surface area is 124 Å². The van der Waals surface area contributed by atoms with Crippen LogP contribution in [0.4, 0.5) is 5.69 Å². The molecule has 0 aliphatic carbocycles. The van der Waals surface area contributed by atoms with Gasteiger partial charge in [-0.1, -0.05) is 30.3 Å². The van der Waals surface area contributed by atoms with Crippen LogP contribution in [0.5, 0.6) is 0 Å². The summed E-state index contributed by atoms with van der Waals surface area (Å²) in [6.45, 7) is 4.04. The third-order valence-electron chi connectivity index (χ3n) is 4.16. The van der Waals surface area contributed by atoms with Crippen molar-refractivity contribution in [3.63, 3.8) is 0 Å². The first kappa shape index (κ1) is 13.8. The summed E-state index contributed by atoms with van der Waals surface area (Å²) in [6, 6.07) is 11.8. The summed E-state index contributed by atoms with van der Waals surface area (Å²) in [7, 11) is 0. The molecule has 1 heterocycles. The van der Waals surface area contributed by atoms with E-state index in [9.17, 15) is 9.90 Å². The van der Waals surface area contributed by atoms with Gasteiger partial charge in [-0.15, -0.1) is 0 Å². The Balaban J connectivity index is 1.99. The second kappa shape index (κ2) is 5.34. The molecule has 2 N–H and O–H groups in total. The van der Waals surface area contributed by atoms with Crippen molar-refractivity contribution < 1.29 is 9.90 Å². The maximum Gasteiger partial charge on any atom is 0.224 e. The predicted octanol–water partition coefficient (Wildman–Crippen LogP) is 3.27. The number of aliphatic hydroxyl groups is 1. The SMILES string of the molecule is Cc1cccc(C)c1C(O)c1ccc2c(c1)CCC(=O)N2. The van der Waals surface area contributed by atoms with Crippen LogP contribution in [0.1, 0.15) is 40.3 Å². The van der Waals surface area contributed by atoms with Gasteiger partial charge in [0.1, 0.15) is 6.10 Å². The van der Waals surface area contributed by atoms with Gasteiger partial charge in [-0.25, -0.2) is 0 Å². The van der Waals surface area contributed by atoms with E-state index in [4.69, 9.17) is 0 Å². The first-order valence-corrected chi connectivity index (χ1v) is 7.23. The number of carbonyl (C=O) groups is 1. The quantitative estimate of drug-likeness (QED) is 0.887. The zero-order valence-electron chi connectivity index (χ0n) is 12.3. The van der Waals surface area contributed by atoms with Crippen LogP contribution in [0.25, 0.3) is 0 Å². The number of aliphatic hydroxyl groups excluding tert-OH is 1. The van der Waals surface area contributed by atoms with Gasteiger partial charge >= 0.3 is 0 Å². The Kier molecular flexibility index (Phi) is 3.52. The van der Waals surface area contributed by atoms with Crippen molar-refractivity contribution in [1.82, 2.24) is 0 Å². The van der Waals surface area contributed by atoms with E-state index in [0.29, 0.717) is 6.42 Å². The minimum atomic E-state index is -0.630. The third-order valence-corrected chi connectivity index (χ3v) is 4.16. The molecule has 3 rings (SSSR count). The zero-order chi connectivity index (χ0) is 15.0. The highest BCUT2D eigenvalue weighted by Crippen LogP contribution is 2.31. The molecule has 0 aromatic heterocycles. The maximum atomic E-state index is 11.4. The van der Waals surface area contributed by atoms with E-state index >= 15 is 0 Å². The minimum absolute atomic E-state index is 0.0607. The van der Waals surface area contributed by atoms with Crippen molar-refractivity contribution in [3.05, 3.63) is 64.2 Å². The molecule has 1 aliphatic heterocycles. The maximum absolute atomic E-state index is 11.4. The van der Waals surface area contributed by atoms with Crippen molar-refractivity contribution in [1.29, 1.82) is 0 Å². The number of aryl methyl sites for hydroxylation is 3. The number of carbonyl (C=O) groups excluding carboxylic acids is 1. The molecule has 21 heavy (non-hydrogen) atoms. The van der Waals surface area contributed by atoms with Crippen LogP contribution < -0.4 is 5.32 Å². The molecular weight excluding hydrogens is 262 g/mol. The Morgan fingerprint density at radius 1 is 1.10 bits per heavy atom. The van der Waals surface area contributed by atoms with Gasteiger partial charge in [-0.2, -0.15) is 0 Å². The number of hydrogen-bond acceptors (Lipinski definition) is 2. The van der Waals surface area contributed by atoms with Gasteiger partial charge < -0.3 is 10.4 Å². The molecule has 0 fully saturated rings. The van der Waals surface area contributed by atoms with Gasteiger partial charge in [-0.05, 0) is 54.2 Å². The molecule has 1 unspecified atom stereocenters. The first-order chi connectivity index (χ1) is 10.1. The van der Waals surface area contributed by atoms with Crippen molar-refractivity contribution in [2.75, 3.05) is 5.32 Å². The lowest BCUT2D eigenvalue weighted by atomic mass is 9.91. The number of benzene rings is 2. The Hall–Kier alpha value is -2.13.